The van der Waals surface area contributed by atoms with Crippen molar-refractivity contribution >= 4 is 7.60 Å². The van der Waals surface area contributed by atoms with E-state index in [1.807, 2.05) is 34.1 Å². The van der Waals surface area contributed by atoms with Gasteiger partial charge in [-0.05, 0) is 44.9 Å². The first-order valence-electron chi connectivity index (χ1n) is 11.8. The first kappa shape index (κ1) is 28.6. The van der Waals surface area contributed by atoms with Crippen molar-refractivity contribution in [2.45, 2.75) is 103 Å². The molecule has 5 heteroatoms. The highest BCUT2D eigenvalue weighted by Gasteiger charge is 2.41. The fourth-order valence-electron chi connectivity index (χ4n) is 3.71. The topological polar surface area (TPSA) is 46.5 Å². The van der Waals surface area contributed by atoms with Crippen molar-refractivity contribution in [2.75, 3.05) is 27.7 Å². The van der Waals surface area contributed by atoms with Crippen molar-refractivity contribution in [1.82, 2.24) is 0 Å². The predicted molar refractivity (Wildman–Crippen MR) is 127 cm³/mol. The second kappa shape index (κ2) is 17.3. The maximum Gasteiger partial charge on any atom is 0.385 e. The molecule has 0 aliphatic heterocycles. The van der Waals surface area contributed by atoms with Crippen LogP contribution in [0, 0.1) is 0 Å². The number of hydrogen-bond donors (Lipinski definition) is 1. The van der Waals surface area contributed by atoms with Crippen LogP contribution in [0.1, 0.15) is 96.8 Å². The Balaban J connectivity index is 3.53. The molecule has 0 fully saturated rings. The summed E-state index contributed by atoms with van der Waals surface area (Å²) in [6, 6.07) is 0. The lowest BCUT2D eigenvalue weighted by Crippen LogP contribution is -2.44. The molecule has 0 amide bonds. The van der Waals surface area contributed by atoms with Gasteiger partial charge in [0.25, 0.3) is 0 Å². The SMILES string of the molecule is C=CCCCC/C=C\CCCCCCCCCCOP(=O)(O)C(CC)[N+](C)(C)C. The molecule has 0 aromatic carbocycles. The van der Waals surface area contributed by atoms with Gasteiger partial charge in [0.2, 0.25) is 0 Å². The Labute approximate surface area is 181 Å². The number of rotatable bonds is 20. The van der Waals surface area contributed by atoms with E-state index in [0.29, 0.717) is 17.5 Å². The van der Waals surface area contributed by atoms with Gasteiger partial charge >= 0.3 is 7.60 Å². The highest BCUT2D eigenvalue weighted by atomic mass is 31.2. The fourth-order valence-corrected chi connectivity index (χ4v) is 5.61. The van der Waals surface area contributed by atoms with E-state index >= 15 is 0 Å². The van der Waals surface area contributed by atoms with Crippen molar-refractivity contribution in [3.05, 3.63) is 24.8 Å². The van der Waals surface area contributed by atoms with Gasteiger partial charge in [-0.1, -0.05) is 63.7 Å². The molecule has 2 atom stereocenters. The van der Waals surface area contributed by atoms with Crippen molar-refractivity contribution < 1.29 is 18.5 Å². The van der Waals surface area contributed by atoms with Crippen LogP contribution in [0.25, 0.3) is 0 Å². The zero-order valence-electron chi connectivity index (χ0n) is 19.8. The van der Waals surface area contributed by atoms with Gasteiger partial charge in [-0.15, -0.1) is 6.58 Å². The number of unbranched alkanes of at least 4 members (excludes halogenated alkanes) is 11. The molecule has 29 heavy (non-hydrogen) atoms. The first-order valence-corrected chi connectivity index (χ1v) is 13.4. The summed E-state index contributed by atoms with van der Waals surface area (Å²) < 4.78 is 18.3. The molecule has 0 heterocycles. The van der Waals surface area contributed by atoms with Gasteiger partial charge < -0.3 is 13.9 Å². The summed E-state index contributed by atoms with van der Waals surface area (Å²) in [5.74, 6) is -0.352. The third-order valence-corrected chi connectivity index (χ3v) is 7.74. The Bertz CT molecular complexity index is 471. The van der Waals surface area contributed by atoms with E-state index in [-0.39, 0.29) is 5.78 Å². The quantitative estimate of drug-likeness (QED) is 0.0944. The maximum absolute atomic E-state index is 12.5. The van der Waals surface area contributed by atoms with Gasteiger partial charge in [-0.25, -0.2) is 0 Å². The van der Waals surface area contributed by atoms with Crippen LogP contribution >= 0.6 is 7.60 Å². The Morgan fingerprint density at radius 1 is 0.862 bits per heavy atom. The summed E-state index contributed by atoms with van der Waals surface area (Å²) in [5, 5.41) is 0. The average molecular weight is 431 g/mol. The molecule has 0 spiro atoms. The molecule has 0 rings (SSSR count). The smallest absolute Gasteiger partial charge is 0.320 e. The predicted octanol–water partition coefficient (Wildman–Crippen LogP) is 7.44. The Morgan fingerprint density at radius 2 is 1.31 bits per heavy atom. The molecule has 4 nitrogen and oxygen atoms in total. The minimum absolute atomic E-state index is 0.352. The number of hydrogen-bond acceptors (Lipinski definition) is 2. The van der Waals surface area contributed by atoms with Crippen LogP contribution in [-0.2, 0) is 9.09 Å². The van der Waals surface area contributed by atoms with Crippen LogP contribution in [0.2, 0.25) is 0 Å². The lowest BCUT2D eigenvalue weighted by molar-refractivity contribution is -0.883. The van der Waals surface area contributed by atoms with Crippen LogP contribution in [-0.4, -0.2) is 42.9 Å². The fraction of sp³-hybridized carbons (Fsp3) is 0.833. The number of nitrogens with zero attached hydrogens (tertiary/aromatic N) is 1. The average Bonchev–Trinajstić information content (AvgIpc) is 2.63. The summed E-state index contributed by atoms with van der Waals surface area (Å²) in [5.41, 5.74) is 0. The van der Waals surface area contributed by atoms with Crippen molar-refractivity contribution in [3.63, 3.8) is 0 Å². The van der Waals surface area contributed by atoms with Gasteiger partial charge in [-0.3, -0.25) is 4.57 Å². The summed E-state index contributed by atoms with van der Waals surface area (Å²) >= 11 is 0. The van der Waals surface area contributed by atoms with E-state index < -0.39 is 7.60 Å². The molecule has 1 N–H and O–H groups in total. The van der Waals surface area contributed by atoms with Gasteiger partial charge in [0.1, 0.15) is 0 Å². The minimum Gasteiger partial charge on any atom is -0.320 e. The molecule has 0 aromatic rings. The van der Waals surface area contributed by atoms with Gasteiger partial charge in [-0.2, -0.15) is 0 Å². The van der Waals surface area contributed by atoms with E-state index in [0.717, 1.165) is 19.3 Å². The lowest BCUT2D eigenvalue weighted by Gasteiger charge is -2.35. The normalized spacial score (nSPS) is 15.5. The standard InChI is InChI=1S/C24H48NO3P/c1-6-8-9-10-11-12-13-14-15-16-17-18-19-20-21-22-23-28-29(26,27)24(7-2)25(3,4)5/h6,12-13,24H,1,7-11,14-23H2,2-5H3/p+1/b13-12-. The Morgan fingerprint density at radius 3 is 1.79 bits per heavy atom. The van der Waals surface area contributed by atoms with Crippen molar-refractivity contribution in [1.29, 1.82) is 0 Å². The zero-order valence-corrected chi connectivity index (χ0v) is 20.7. The first-order chi connectivity index (χ1) is 13.8. The molecular formula is C24H49NO3P+. The molecular weight excluding hydrogens is 381 g/mol. The maximum atomic E-state index is 12.5. The molecule has 0 aliphatic rings. The van der Waals surface area contributed by atoms with E-state index in [4.69, 9.17) is 4.52 Å². The summed E-state index contributed by atoms with van der Waals surface area (Å²) in [6.45, 7) is 6.09. The van der Waals surface area contributed by atoms with Gasteiger partial charge in [0, 0.05) is 6.42 Å². The van der Waals surface area contributed by atoms with Crippen molar-refractivity contribution in [2.24, 2.45) is 0 Å². The second-order valence-electron chi connectivity index (χ2n) is 9.06. The third kappa shape index (κ3) is 16.0. The van der Waals surface area contributed by atoms with E-state index in [1.165, 1.54) is 64.2 Å². The highest BCUT2D eigenvalue weighted by molar-refractivity contribution is 7.53. The Kier molecular flexibility index (Phi) is 17.0. The third-order valence-electron chi connectivity index (χ3n) is 5.37. The molecule has 0 aromatic heterocycles. The van der Waals surface area contributed by atoms with Gasteiger partial charge in [0.15, 0.2) is 5.78 Å². The molecule has 0 radical (unpaired) electrons. The largest absolute Gasteiger partial charge is 0.385 e. The highest BCUT2D eigenvalue weighted by Crippen LogP contribution is 2.51. The van der Waals surface area contributed by atoms with Crippen molar-refractivity contribution in [3.8, 4) is 0 Å². The second-order valence-corrected chi connectivity index (χ2v) is 11.0. The van der Waals surface area contributed by atoms with Crippen LogP contribution in [0.3, 0.4) is 0 Å². The molecule has 2 unspecified atom stereocenters. The van der Waals surface area contributed by atoms with Gasteiger partial charge in [0.05, 0.1) is 27.7 Å². The molecule has 172 valence electrons. The van der Waals surface area contributed by atoms with Crippen LogP contribution < -0.4 is 0 Å². The summed E-state index contributed by atoms with van der Waals surface area (Å²) in [4.78, 5) is 10.2. The minimum atomic E-state index is -3.55. The van der Waals surface area contributed by atoms with E-state index in [2.05, 4.69) is 18.7 Å². The summed E-state index contributed by atoms with van der Waals surface area (Å²) in [6.07, 6.45) is 23.0. The zero-order chi connectivity index (χ0) is 22.0. The lowest BCUT2D eigenvalue weighted by atomic mass is 10.1. The summed E-state index contributed by atoms with van der Waals surface area (Å²) in [7, 11) is 2.29. The van der Waals surface area contributed by atoms with E-state index in [1.54, 1.807) is 0 Å². The van der Waals surface area contributed by atoms with E-state index in [9.17, 15) is 9.46 Å². The monoisotopic (exact) mass is 430 g/mol. The molecule has 0 saturated heterocycles. The number of allylic oxidation sites excluding steroid dienone is 3. The van der Waals surface area contributed by atoms with Crippen LogP contribution in [0.4, 0.5) is 0 Å². The van der Waals surface area contributed by atoms with Crippen LogP contribution in [0.15, 0.2) is 24.8 Å². The molecule has 0 aliphatic carbocycles. The molecule has 0 bridgehead atoms. The Hall–Kier alpha value is -0.410. The molecule has 0 saturated carbocycles. The van der Waals surface area contributed by atoms with Crippen LogP contribution in [0.5, 0.6) is 0 Å². The number of quaternary nitrogens is 1.